The summed E-state index contributed by atoms with van der Waals surface area (Å²) >= 11 is 0. The molecule has 10 atom stereocenters. The lowest BCUT2D eigenvalue weighted by atomic mass is 9.47. The molecule has 2 saturated heterocycles. The average Bonchev–Trinajstić information content (AvgIpc) is 4.05. The van der Waals surface area contributed by atoms with Crippen molar-refractivity contribution in [2.24, 2.45) is 17.1 Å². The van der Waals surface area contributed by atoms with Gasteiger partial charge in [-0.2, -0.15) is 0 Å². The van der Waals surface area contributed by atoms with E-state index in [9.17, 15) is 29.4 Å². The SMILES string of the molecule is CC[C@]1(O)C[C@H]2CN(CCc3c([nH]c4ccccc34)[C@@](C(=O)OC)(c3cc4c(cc3OC)N(C)[C@H]3[C@@](O)(C(N)=O)[C@H](OC(=O)CCN5C(=O)C=CC5=O)[C@]5(CC)C=CCN6CC[C@]43[C@@H]65)C2)C1. The standard InChI is InChI=1S/C50H60N6O10/c1-6-46(62)25-29-26-49(45(61)65-5,40-31(15-20-54(27-29)28-46)30-11-8-9-12-34(30)52-40)33-23-32-35(24-36(33)64-4)53(3)42-48(32)18-22-55-19-10-17-47(7-2,41(48)55)43(50(42,63)44(51)60)66-39(59)16-21-56-37(57)13-14-38(56)58/h8-14,17,23-24,29,41-43,52,62-63H,6-7,15-16,18-22,25-28H2,1-5H3,(H2,51,60)/t29-,41+,42-,43-,46+,47-,48-,49+,50+/m1/s1. The molecule has 350 valence electrons. The number of anilines is 1. The number of H-pyrrole nitrogens is 1. The molecule has 6 aliphatic heterocycles. The van der Waals surface area contributed by atoms with E-state index in [0.29, 0.717) is 87.5 Å². The monoisotopic (exact) mass is 904 g/mol. The summed E-state index contributed by atoms with van der Waals surface area (Å²) < 4.78 is 18.7. The van der Waals surface area contributed by atoms with Crippen molar-refractivity contribution >= 4 is 46.3 Å². The smallest absolute Gasteiger partial charge is 0.322 e. The quantitative estimate of drug-likeness (QED) is 0.131. The van der Waals surface area contributed by atoms with Gasteiger partial charge in [0.1, 0.15) is 11.2 Å². The van der Waals surface area contributed by atoms with E-state index in [1.807, 2.05) is 55.2 Å². The zero-order valence-corrected chi connectivity index (χ0v) is 38.3. The van der Waals surface area contributed by atoms with Crippen LogP contribution in [0.1, 0.15) is 74.8 Å². The Labute approximate surface area is 383 Å². The van der Waals surface area contributed by atoms with Crippen LogP contribution in [-0.2, 0) is 50.7 Å². The minimum absolute atomic E-state index is 0.145. The summed E-state index contributed by atoms with van der Waals surface area (Å²) in [6.45, 7) is 6.71. The topological polar surface area (TPSA) is 208 Å². The molecule has 10 rings (SSSR count). The highest BCUT2D eigenvalue weighted by Crippen LogP contribution is 2.68. The van der Waals surface area contributed by atoms with Gasteiger partial charge in [-0.3, -0.25) is 38.7 Å². The van der Waals surface area contributed by atoms with Crippen molar-refractivity contribution < 1.29 is 48.4 Å². The number of nitrogens with two attached hydrogens (primary N) is 1. The number of benzene rings is 2. The fourth-order valence-electron chi connectivity index (χ4n) is 14.3. The Kier molecular flexibility index (Phi) is 10.4. The van der Waals surface area contributed by atoms with E-state index in [-0.39, 0.29) is 25.3 Å². The number of hydrogen-bond acceptors (Lipinski definition) is 13. The van der Waals surface area contributed by atoms with E-state index in [4.69, 9.17) is 19.9 Å². The molecule has 66 heavy (non-hydrogen) atoms. The summed E-state index contributed by atoms with van der Waals surface area (Å²) in [5, 5.41) is 26.5. The summed E-state index contributed by atoms with van der Waals surface area (Å²) in [7, 11) is 4.77. The number of amides is 3. The fraction of sp³-hybridized carbons (Fsp3) is 0.540. The number of methoxy groups -OCH3 is 2. The van der Waals surface area contributed by atoms with Crippen molar-refractivity contribution in [1.82, 2.24) is 19.7 Å². The number of piperidine rings is 1. The molecular formula is C50H60N6O10. The molecule has 1 spiro atoms. The number of imide groups is 1. The van der Waals surface area contributed by atoms with Gasteiger partial charge >= 0.3 is 11.9 Å². The molecule has 3 aromatic rings. The van der Waals surface area contributed by atoms with E-state index in [1.54, 1.807) is 14.2 Å². The molecule has 1 saturated carbocycles. The molecule has 16 nitrogen and oxygen atoms in total. The maximum atomic E-state index is 15.4. The minimum atomic E-state index is -2.49. The normalized spacial score (nSPS) is 35.4. The fourth-order valence-corrected chi connectivity index (χ4v) is 14.3. The molecule has 0 radical (unpaired) electrons. The first-order chi connectivity index (χ1) is 31.6. The Morgan fingerprint density at radius 2 is 1.73 bits per heavy atom. The molecule has 3 amide bonds. The van der Waals surface area contributed by atoms with Crippen LogP contribution in [0.4, 0.5) is 5.69 Å². The number of primary amides is 1. The molecule has 1 unspecified atom stereocenters. The van der Waals surface area contributed by atoms with Gasteiger partial charge in [0.05, 0.1) is 32.3 Å². The van der Waals surface area contributed by atoms with Crippen molar-refractivity contribution in [2.45, 2.75) is 99.0 Å². The summed E-state index contributed by atoms with van der Waals surface area (Å²) in [5.74, 6) is -3.18. The number of aliphatic hydroxyl groups is 2. The highest BCUT2D eigenvalue weighted by atomic mass is 16.6. The first-order valence-electron chi connectivity index (χ1n) is 23.3. The highest BCUT2D eigenvalue weighted by Gasteiger charge is 2.79. The van der Waals surface area contributed by atoms with Crippen molar-refractivity contribution in [3.63, 3.8) is 0 Å². The van der Waals surface area contributed by atoms with Crippen LogP contribution in [0.15, 0.2) is 60.7 Å². The number of esters is 2. The van der Waals surface area contributed by atoms with Crippen LogP contribution in [0.5, 0.6) is 5.75 Å². The van der Waals surface area contributed by atoms with E-state index < -0.39 is 75.3 Å². The molecule has 1 aromatic heterocycles. The van der Waals surface area contributed by atoms with Gasteiger partial charge in [0.2, 0.25) is 5.60 Å². The van der Waals surface area contributed by atoms with Gasteiger partial charge in [-0.1, -0.05) is 44.2 Å². The lowest BCUT2D eigenvalue weighted by molar-refractivity contribution is -0.217. The Balaban J connectivity index is 1.19. The summed E-state index contributed by atoms with van der Waals surface area (Å²) in [6.07, 6.45) is 7.14. The highest BCUT2D eigenvalue weighted by molar-refractivity contribution is 6.13. The van der Waals surface area contributed by atoms with Crippen LogP contribution < -0.4 is 15.4 Å². The van der Waals surface area contributed by atoms with Gasteiger partial charge in [0.15, 0.2) is 6.10 Å². The third-order valence-corrected chi connectivity index (χ3v) is 16.9. The van der Waals surface area contributed by atoms with Gasteiger partial charge < -0.3 is 40.0 Å². The number of nitrogens with zero attached hydrogens (tertiary/aromatic N) is 4. The van der Waals surface area contributed by atoms with Crippen LogP contribution in [0, 0.1) is 11.3 Å². The Morgan fingerprint density at radius 1 is 0.970 bits per heavy atom. The number of carbonyl (C=O) groups is 5. The Morgan fingerprint density at radius 3 is 2.42 bits per heavy atom. The van der Waals surface area contributed by atoms with E-state index >= 15 is 4.79 Å². The van der Waals surface area contributed by atoms with Gasteiger partial charge in [0, 0.05) is 103 Å². The molecule has 5 N–H and O–H groups in total. The Hall–Kier alpha value is -5.55. The molecule has 1 aliphatic carbocycles. The summed E-state index contributed by atoms with van der Waals surface area (Å²) in [4.78, 5) is 79.8. The average molecular weight is 905 g/mol. The van der Waals surface area contributed by atoms with Crippen LogP contribution >= 0.6 is 0 Å². The zero-order chi connectivity index (χ0) is 46.7. The maximum absolute atomic E-state index is 15.4. The Bertz CT molecular complexity index is 2610. The lowest BCUT2D eigenvalue weighted by Gasteiger charge is -2.63. The van der Waals surface area contributed by atoms with Crippen LogP contribution in [0.25, 0.3) is 10.9 Å². The number of para-hydroxylation sites is 1. The number of aromatic amines is 1. The second-order valence-corrected chi connectivity index (χ2v) is 19.9. The number of carbonyl (C=O) groups excluding carboxylic acids is 5. The molecule has 16 heteroatoms. The summed E-state index contributed by atoms with van der Waals surface area (Å²) in [6, 6.07) is 10.5. The van der Waals surface area contributed by atoms with E-state index in [1.165, 1.54) is 7.11 Å². The van der Waals surface area contributed by atoms with Crippen molar-refractivity contribution in [2.75, 3.05) is 65.4 Å². The lowest BCUT2D eigenvalue weighted by Crippen LogP contribution is -2.82. The molecular weight excluding hydrogens is 845 g/mol. The minimum Gasteiger partial charge on any atom is -0.496 e. The zero-order valence-electron chi connectivity index (χ0n) is 38.3. The van der Waals surface area contributed by atoms with E-state index in [2.05, 4.69) is 26.9 Å². The second kappa shape index (κ2) is 15.5. The number of nitrogens with one attached hydrogen (secondary N) is 1. The third kappa shape index (κ3) is 5.92. The molecule has 7 heterocycles. The number of rotatable bonds is 10. The van der Waals surface area contributed by atoms with Gasteiger partial charge in [-0.05, 0) is 74.2 Å². The molecule has 7 aliphatic rings. The molecule has 3 fully saturated rings. The number of likely N-dealkylation sites (N-methyl/N-ethyl adjacent to an activating group) is 1. The number of aromatic nitrogens is 1. The van der Waals surface area contributed by atoms with Crippen molar-refractivity contribution in [3.05, 3.63) is 83.1 Å². The van der Waals surface area contributed by atoms with E-state index in [0.717, 1.165) is 39.1 Å². The van der Waals surface area contributed by atoms with Gasteiger partial charge in [0.25, 0.3) is 17.7 Å². The largest absolute Gasteiger partial charge is 0.496 e. The first-order valence-corrected chi connectivity index (χ1v) is 23.3. The van der Waals surface area contributed by atoms with Crippen LogP contribution in [0.2, 0.25) is 0 Å². The second-order valence-electron chi connectivity index (χ2n) is 19.9. The number of ether oxygens (including phenoxy) is 3. The van der Waals surface area contributed by atoms with Crippen molar-refractivity contribution in [3.8, 4) is 5.75 Å². The van der Waals surface area contributed by atoms with Gasteiger partial charge in [-0.25, -0.2) is 0 Å². The molecule has 2 aromatic carbocycles. The predicted octanol–water partition coefficient (Wildman–Crippen LogP) is 2.60. The van der Waals surface area contributed by atoms with Crippen LogP contribution in [0.3, 0.4) is 0 Å². The third-order valence-electron chi connectivity index (χ3n) is 16.9. The first kappa shape index (κ1) is 44.3. The predicted molar refractivity (Wildman–Crippen MR) is 242 cm³/mol. The number of fused-ring (bicyclic) bond motifs is 6. The molecule has 2 bridgehead atoms. The number of hydrogen-bond donors (Lipinski definition) is 4. The van der Waals surface area contributed by atoms with Crippen molar-refractivity contribution in [1.29, 1.82) is 0 Å². The van der Waals surface area contributed by atoms with Crippen LogP contribution in [-0.4, -0.2) is 149 Å². The van der Waals surface area contributed by atoms with Gasteiger partial charge in [-0.15, -0.1) is 0 Å². The maximum Gasteiger partial charge on any atom is 0.322 e. The summed E-state index contributed by atoms with van der Waals surface area (Å²) in [5.41, 5.74) is 3.89.